The molecular formula is C21H23ClN4O2. The topological polar surface area (TPSA) is 60.2 Å². The molecule has 0 saturated carbocycles. The summed E-state index contributed by atoms with van der Waals surface area (Å²) in [5.41, 5.74) is 2.70. The molecule has 6 nitrogen and oxygen atoms in total. The molecule has 2 aromatic heterocycles. The van der Waals surface area contributed by atoms with E-state index in [1.54, 1.807) is 6.20 Å². The molecule has 4 rings (SSSR count). The molecule has 3 heterocycles. The average molecular weight is 399 g/mol. The molecule has 0 bridgehead atoms. The van der Waals surface area contributed by atoms with Crippen molar-refractivity contribution < 1.29 is 9.53 Å². The first-order valence-corrected chi connectivity index (χ1v) is 10.1. The molecule has 0 radical (unpaired) electrons. The van der Waals surface area contributed by atoms with Crippen molar-refractivity contribution in [2.24, 2.45) is 5.92 Å². The number of rotatable bonds is 5. The predicted octanol–water partition coefficient (Wildman–Crippen LogP) is 4.22. The van der Waals surface area contributed by atoms with E-state index in [-0.39, 0.29) is 6.09 Å². The van der Waals surface area contributed by atoms with Crippen LogP contribution < -0.4 is 0 Å². The van der Waals surface area contributed by atoms with Gasteiger partial charge in [-0.05, 0) is 36.5 Å². The zero-order valence-corrected chi connectivity index (χ0v) is 16.4. The van der Waals surface area contributed by atoms with Crippen LogP contribution in [0.15, 0.2) is 48.7 Å². The number of alkyl halides is 1. The third-order valence-corrected chi connectivity index (χ3v) is 5.36. The highest BCUT2D eigenvalue weighted by atomic mass is 35.5. The molecule has 1 aromatic carbocycles. The third-order valence-electron chi connectivity index (χ3n) is 5.13. The zero-order valence-electron chi connectivity index (χ0n) is 15.6. The van der Waals surface area contributed by atoms with Crippen LogP contribution in [0.2, 0.25) is 0 Å². The van der Waals surface area contributed by atoms with Crippen LogP contribution in [-0.2, 0) is 23.8 Å². The minimum Gasteiger partial charge on any atom is -0.445 e. The van der Waals surface area contributed by atoms with E-state index in [4.69, 9.17) is 16.3 Å². The van der Waals surface area contributed by atoms with Crippen molar-refractivity contribution in [3.63, 3.8) is 0 Å². The first-order chi connectivity index (χ1) is 13.7. The van der Waals surface area contributed by atoms with E-state index >= 15 is 0 Å². The number of imidazole rings is 1. The van der Waals surface area contributed by atoms with Crippen LogP contribution in [0, 0.1) is 5.92 Å². The minimum atomic E-state index is -0.250. The van der Waals surface area contributed by atoms with Gasteiger partial charge in [0.1, 0.15) is 17.9 Å². The Morgan fingerprint density at radius 2 is 2.07 bits per heavy atom. The Labute approximate surface area is 169 Å². The number of pyridine rings is 1. The van der Waals surface area contributed by atoms with Gasteiger partial charge in [0.15, 0.2) is 5.65 Å². The smallest absolute Gasteiger partial charge is 0.410 e. The molecule has 28 heavy (non-hydrogen) atoms. The van der Waals surface area contributed by atoms with Crippen molar-refractivity contribution in [2.75, 3.05) is 13.1 Å². The van der Waals surface area contributed by atoms with Gasteiger partial charge in [-0.3, -0.25) is 0 Å². The van der Waals surface area contributed by atoms with Crippen LogP contribution in [0.1, 0.15) is 24.2 Å². The van der Waals surface area contributed by atoms with E-state index < -0.39 is 0 Å². The van der Waals surface area contributed by atoms with E-state index in [0.717, 1.165) is 48.5 Å². The SMILES string of the molecule is O=C(OCc1ccccc1)N1CCCC(Cn2c(CCl)nc3cccnc32)C1. The summed E-state index contributed by atoms with van der Waals surface area (Å²) in [6.07, 6.45) is 3.53. The Morgan fingerprint density at radius 3 is 2.89 bits per heavy atom. The van der Waals surface area contributed by atoms with Crippen molar-refractivity contribution in [3.8, 4) is 0 Å². The number of amides is 1. The molecule has 0 aliphatic carbocycles. The Kier molecular flexibility index (Phi) is 5.76. The number of fused-ring (bicyclic) bond motifs is 1. The molecule has 1 unspecified atom stereocenters. The fourth-order valence-corrected chi connectivity index (χ4v) is 3.95. The Hall–Kier alpha value is -2.60. The first-order valence-electron chi connectivity index (χ1n) is 9.56. The standard InChI is InChI=1S/C21H23ClN4O2/c22-12-19-24-18-9-4-10-23-20(18)26(19)14-17-8-5-11-25(13-17)21(27)28-15-16-6-2-1-3-7-16/h1-4,6-7,9-10,17H,5,8,11-15H2. The zero-order chi connectivity index (χ0) is 19.3. The second-order valence-corrected chi connectivity index (χ2v) is 7.38. The minimum absolute atomic E-state index is 0.250. The lowest BCUT2D eigenvalue weighted by molar-refractivity contribution is 0.0769. The summed E-state index contributed by atoms with van der Waals surface area (Å²) in [6, 6.07) is 13.6. The van der Waals surface area contributed by atoms with Crippen LogP contribution in [0.5, 0.6) is 0 Å². The number of ether oxygens (including phenoxy) is 1. The van der Waals surface area contributed by atoms with E-state index in [1.807, 2.05) is 47.4 Å². The van der Waals surface area contributed by atoms with Gasteiger partial charge in [0, 0.05) is 25.8 Å². The largest absolute Gasteiger partial charge is 0.445 e. The molecule has 7 heteroatoms. The number of halogens is 1. The van der Waals surface area contributed by atoms with Crippen molar-refractivity contribution >= 4 is 28.9 Å². The van der Waals surface area contributed by atoms with Gasteiger partial charge < -0.3 is 14.2 Å². The number of aromatic nitrogens is 3. The van der Waals surface area contributed by atoms with E-state index in [0.29, 0.717) is 24.9 Å². The predicted molar refractivity (Wildman–Crippen MR) is 108 cm³/mol. The maximum absolute atomic E-state index is 12.5. The van der Waals surface area contributed by atoms with Gasteiger partial charge in [-0.15, -0.1) is 11.6 Å². The molecule has 0 N–H and O–H groups in total. The number of hydrogen-bond acceptors (Lipinski definition) is 4. The highest BCUT2D eigenvalue weighted by Gasteiger charge is 2.26. The molecule has 0 spiro atoms. The monoisotopic (exact) mass is 398 g/mol. The average Bonchev–Trinajstić information content (AvgIpc) is 3.10. The van der Waals surface area contributed by atoms with Crippen molar-refractivity contribution in [1.29, 1.82) is 0 Å². The summed E-state index contributed by atoms with van der Waals surface area (Å²) >= 11 is 6.10. The number of carbonyl (C=O) groups is 1. The number of likely N-dealkylation sites (tertiary alicyclic amines) is 1. The van der Waals surface area contributed by atoms with Gasteiger partial charge in [-0.2, -0.15) is 0 Å². The maximum Gasteiger partial charge on any atom is 0.410 e. The lowest BCUT2D eigenvalue weighted by Crippen LogP contribution is -2.41. The molecule has 1 fully saturated rings. The summed E-state index contributed by atoms with van der Waals surface area (Å²) in [7, 11) is 0. The first kappa shape index (κ1) is 18.7. The van der Waals surface area contributed by atoms with Gasteiger partial charge in [-0.1, -0.05) is 30.3 Å². The van der Waals surface area contributed by atoms with Gasteiger partial charge >= 0.3 is 6.09 Å². The Bertz CT molecular complexity index is 944. The maximum atomic E-state index is 12.5. The van der Waals surface area contributed by atoms with Crippen LogP contribution in [-0.4, -0.2) is 38.6 Å². The molecule has 3 aromatic rings. The van der Waals surface area contributed by atoms with E-state index in [2.05, 4.69) is 14.5 Å². The number of hydrogen-bond donors (Lipinski definition) is 0. The van der Waals surface area contributed by atoms with Crippen LogP contribution in [0.4, 0.5) is 4.79 Å². The van der Waals surface area contributed by atoms with Gasteiger partial charge in [0.05, 0.1) is 5.88 Å². The number of benzene rings is 1. The lowest BCUT2D eigenvalue weighted by atomic mass is 9.98. The molecule has 1 aliphatic rings. The number of nitrogens with zero attached hydrogens (tertiary/aromatic N) is 4. The molecule has 1 aliphatic heterocycles. The van der Waals surface area contributed by atoms with Gasteiger partial charge in [0.25, 0.3) is 0 Å². The highest BCUT2D eigenvalue weighted by molar-refractivity contribution is 6.16. The summed E-state index contributed by atoms with van der Waals surface area (Å²) in [5.74, 6) is 1.48. The van der Waals surface area contributed by atoms with Gasteiger partial charge in [0.2, 0.25) is 0 Å². The summed E-state index contributed by atoms with van der Waals surface area (Å²) in [6.45, 7) is 2.45. The summed E-state index contributed by atoms with van der Waals surface area (Å²) < 4.78 is 7.59. The third kappa shape index (κ3) is 4.12. The van der Waals surface area contributed by atoms with Crippen LogP contribution >= 0.6 is 11.6 Å². The second kappa shape index (κ2) is 8.61. The van der Waals surface area contributed by atoms with Crippen LogP contribution in [0.25, 0.3) is 11.2 Å². The van der Waals surface area contributed by atoms with Crippen molar-refractivity contribution in [3.05, 3.63) is 60.0 Å². The fraction of sp³-hybridized carbons (Fsp3) is 0.381. The van der Waals surface area contributed by atoms with E-state index in [1.165, 1.54) is 0 Å². The lowest BCUT2D eigenvalue weighted by Gasteiger charge is -2.32. The molecule has 146 valence electrons. The Morgan fingerprint density at radius 1 is 1.21 bits per heavy atom. The molecule has 1 atom stereocenters. The number of carbonyl (C=O) groups excluding carboxylic acids is 1. The molecule has 1 amide bonds. The number of piperidine rings is 1. The second-order valence-electron chi connectivity index (χ2n) is 7.11. The van der Waals surface area contributed by atoms with Crippen LogP contribution in [0.3, 0.4) is 0 Å². The molecular weight excluding hydrogens is 376 g/mol. The van der Waals surface area contributed by atoms with E-state index in [9.17, 15) is 4.79 Å². The van der Waals surface area contributed by atoms with Crippen molar-refractivity contribution in [1.82, 2.24) is 19.4 Å². The Balaban J connectivity index is 1.41. The quantitative estimate of drug-likeness (QED) is 0.604. The molecule has 1 saturated heterocycles. The summed E-state index contributed by atoms with van der Waals surface area (Å²) in [5, 5.41) is 0. The summed E-state index contributed by atoms with van der Waals surface area (Å²) in [4.78, 5) is 23.4. The highest BCUT2D eigenvalue weighted by Crippen LogP contribution is 2.23. The normalized spacial score (nSPS) is 17.0. The van der Waals surface area contributed by atoms with Crippen molar-refractivity contribution in [2.45, 2.75) is 31.9 Å². The fourth-order valence-electron chi connectivity index (χ4n) is 3.75. The van der Waals surface area contributed by atoms with Gasteiger partial charge in [-0.25, -0.2) is 14.8 Å².